The van der Waals surface area contributed by atoms with Gasteiger partial charge in [0, 0.05) is 6.04 Å². The molecule has 0 radical (unpaired) electrons. The van der Waals surface area contributed by atoms with Gasteiger partial charge in [-0.2, -0.15) is 4.98 Å². The zero-order chi connectivity index (χ0) is 11.5. The van der Waals surface area contributed by atoms with E-state index in [1.807, 2.05) is 0 Å². The van der Waals surface area contributed by atoms with E-state index in [2.05, 4.69) is 25.3 Å². The number of nitrogens with one attached hydrogen (secondary N) is 2. The molecule has 0 spiro atoms. The third-order valence-electron chi connectivity index (χ3n) is 3.02. The maximum Gasteiger partial charge on any atom is 0.243 e. The summed E-state index contributed by atoms with van der Waals surface area (Å²) < 4.78 is 5.73. The minimum atomic E-state index is 0.427. The van der Waals surface area contributed by atoms with E-state index < -0.39 is 0 Å². The summed E-state index contributed by atoms with van der Waals surface area (Å²) in [6.07, 6.45) is 6.77. The molecule has 1 fully saturated rings. The Hall–Kier alpha value is -1.69. The van der Waals surface area contributed by atoms with E-state index in [1.54, 1.807) is 6.33 Å². The number of ether oxygens (including phenoxy) is 1. The smallest absolute Gasteiger partial charge is 0.243 e. The first kappa shape index (κ1) is 10.5. The standard InChI is InChI=1S/C11H15N5O/c1-2-4-12-8(3-1)5-17-11-9-10(14-6-13-9)15-7-16-11/h6-8,12H,1-5H2,(H,13,14,15,16). The lowest BCUT2D eigenvalue weighted by Crippen LogP contribution is -2.38. The van der Waals surface area contributed by atoms with Gasteiger partial charge in [-0.1, -0.05) is 6.42 Å². The van der Waals surface area contributed by atoms with E-state index in [0.717, 1.165) is 18.5 Å². The van der Waals surface area contributed by atoms with E-state index >= 15 is 0 Å². The number of piperidine rings is 1. The van der Waals surface area contributed by atoms with Crippen molar-refractivity contribution in [3.63, 3.8) is 0 Å². The second kappa shape index (κ2) is 4.67. The molecule has 0 aromatic carbocycles. The van der Waals surface area contributed by atoms with Crippen LogP contribution in [0.4, 0.5) is 0 Å². The molecule has 6 heteroatoms. The van der Waals surface area contributed by atoms with Gasteiger partial charge in [0.1, 0.15) is 18.5 Å². The highest BCUT2D eigenvalue weighted by atomic mass is 16.5. The van der Waals surface area contributed by atoms with Gasteiger partial charge >= 0.3 is 0 Å². The highest BCUT2D eigenvalue weighted by molar-refractivity contribution is 5.74. The molecule has 90 valence electrons. The summed E-state index contributed by atoms with van der Waals surface area (Å²) in [5.41, 5.74) is 1.41. The van der Waals surface area contributed by atoms with Crippen molar-refractivity contribution in [3.05, 3.63) is 12.7 Å². The Kier molecular flexibility index (Phi) is 2.87. The van der Waals surface area contributed by atoms with Gasteiger partial charge in [-0.05, 0) is 19.4 Å². The summed E-state index contributed by atoms with van der Waals surface area (Å²) in [5, 5.41) is 3.44. The van der Waals surface area contributed by atoms with Crippen LogP contribution < -0.4 is 10.1 Å². The lowest BCUT2D eigenvalue weighted by Gasteiger charge is -2.23. The third-order valence-corrected chi connectivity index (χ3v) is 3.02. The number of rotatable bonds is 3. The zero-order valence-corrected chi connectivity index (χ0v) is 9.52. The highest BCUT2D eigenvalue weighted by Crippen LogP contribution is 2.17. The SMILES string of the molecule is c1nc(OCC2CCCCN2)c2[nH]cnc2n1. The Labute approximate surface area is 98.8 Å². The van der Waals surface area contributed by atoms with Crippen LogP contribution in [-0.2, 0) is 0 Å². The first-order chi connectivity index (χ1) is 8.43. The van der Waals surface area contributed by atoms with E-state index in [9.17, 15) is 0 Å². The van der Waals surface area contributed by atoms with Crippen LogP contribution in [-0.4, -0.2) is 39.1 Å². The van der Waals surface area contributed by atoms with Crippen molar-refractivity contribution in [1.29, 1.82) is 0 Å². The van der Waals surface area contributed by atoms with Gasteiger partial charge in [-0.15, -0.1) is 0 Å². The highest BCUT2D eigenvalue weighted by Gasteiger charge is 2.14. The summed E-state index contributed by atoms with van der Waals surface area (Å²) in [5.74, 6) is 0.583. The Morgan fingerprint density at radius 1 is 1.29 bits per heavy atom. The van der Waals surface area contributed by atoms with Gasteiger partial charge in [-0.25, -0.2) is 9.97 Å². The van der Waals surface area contributed by atoms with Crippen molar-refractivity contribution in [2.24, 2.45) is 0 Å². The van der Waals surface area contributed by atoms with Crippen LogP contribution in [0.2, 0.25) is 0 Å². The van der Waals surface area contributed by atoms with E-state index in [0.29, 0.717) is 24.2 Å². The van der Waals surface area contributed by atoms with Gasteiger partial charge in [-0.3, -0.25) is 0 Å². The molecule has 2 aromatic rings. The van der Waals surface area contributed by atoms with Gasteiger partial charge in [0.15, 0.2) is 5.65 Å². The molecule has 0 aliphatic carbocycles. The topological polar surface area (TPSA) is 75.7 Å². The van der Waals surface area contributed by atoms with Crippen molar-refractivity contribution in [2.45, 2.75) is 25.3 Å². The van der Waals surface area contributed by atoms with Crippen LogP contribution in [0.5, 0.6) is 5.88 Å². The van der Waals surface area contributed by atoms with Gasteiger partial charge in [0.25, 0.3) is 0 Å². The molecule has 6 nitrogen and oxygen atoms in total. The summed E-state index contributed by atoms with van der Waals surface area (Å²) in [7, 11) is 0. The maximum atomic E-state index is 5.73. The van der Waals surface area contributed by atoms with Crippen LogP contribution in [0.15, 0.2) is 12.7 Å². The summed E-state index contributed by atoms with van der Waals surface area (Å²) >= 11 is 0. The number of hydrogen-bond donors (Lipinski definition) is 2. The van der Waals surface area contributed by atoms with Crippen LogP contribution >= 0.6 is 0 Å². The molecule has 0 bridgehead atoms. The first-order valence-corrected chi connectivity index (χ1v) is 5.94. The third kappa shape index (κ3) is 2.21. The average Bonchev–Trinajstić information content (AvgIpc) is 2.86. The Balaban J connectivity index is 1.69. The van der Waals surface area contributed by atoms with E-state index in [-0.39, 0.29) is 0 Å². The second-order valence-corrected chi connectivity index (χ2v) is 4.24. The number of imidazole rings is 1. The molecule has 3 heterocycles. The maximum absolute atomic E-state index is 5.73. The molecule has 0 saturated carbocycles. The van der Waals surface area contributed by atoms with Crippen molar-refractivity contribution >= 4 is 11.2 Å². The fourth-order valence-corrected chi connectivity index (χ4v) is 2.10. The molecule has 1 unspecified atom stereocenters. The molecule has 2 N–H and O–H groups in total. The molecule has 1 aliphatic heterocycles. The van der Waals surface area contributed by atoms with Crippen molar-refractivity contribution < 1.29 is 4.74 Å². The number of fused-ring (bicyclic) bond motifs is 1. The lowest BCUT2D eigenvalue weighted by molar-refractivity contribution is 0.234. The molecular weight excluding hydrogens is 218 g/mol. The molecule has 1 atom stereocenters. The quantitative estimate of drug-likeness (QED) is 0.822. The van der Waals surface area contributed by atoms with Crippen LogP contribution in [0.3, 0.4) is 0 Å². The Morgan fingerprint density at radius 2 is 2.29 bits per heavy atom. The van der Waals surface area contributed by atoms with E-state index in [4.69, 9.17) is 4.74 Å². The molecule has 1 saturated heterocycles. The van der Waals surface area contributed by atoms with Gasteiger partial charge in [0.05, 0.1) is 6.33 Å². The molecule has 3 rings (SSSR count). The number of aromatic amines is 1. The average molecular weight is 233 g/mol. The molecular formula is C11H15N5O. The Morgan fingerprint density at radius 3 is 3.18 bits per heavy atom. The fourth-order valence-electron chi connectivity index (χ4n) is 2.10. The van der Waals surface area contributed by atoms with E-state index in [1.165, 1.54) is 19.2 Å². The fraction of sp³-hybridized carbons (Fsp3) is 0.545. The van der Waals surface area contributed by atoms with Crippen molar-refractivity contribution in [3.8, 4) is 5.88 Å². The Bertz CT molecular complexity index is 491. The second-order valence-electron chi connectivity index (χ2n) is 4.24. The predicted molar refractivity (Wildman–Crippen MR) is 62.8 cm³/mol. The largest absolute Gasteiger partial charge is 0.474 e. The van der Waals surface area contributed by atoms with Gasteiger partial charge in [0.2, 0.25) is 5.88 Å². The van der Waals surface area contributed by atoms with Gasteiger partial charge < -0.3 is 15.0 Å². The number of nitrogens with zero attached hydrogens (tertiary/aromatic N) is 3. The summed E-state index contributed by atoms with van der Waals surface area (Å²) in [4.78, 5) is 15.2. The summed E-state index contributed by atoms with van der Waals surface area (Å²) in [6.45, 7) is 1.72. The number of hydrogen-bond acceptors (Lipinski definition) is 5. The number of aromatic nitrogens is 4. The molecule has 17 heavy (non-hydrogen) atoms. The van der Waals surface area contributed by atoms with Crippen LogP contribution in [0.25, 0.3) is 11.2 Å². The molecule has 0 amide bonds. The minimum Gasteiger partial charge on any atom is -0.474 e. The predicted octanol–water partition coefficient (Wildman–Crippen LogP) is 0.874. The minimum absolute atomic E-state index is 0.427. The normalized spacial score (nSPS) is 20.6. The van der Waals surface area contributed by atoms with Crippen LogP contribution in [0.1, 0.15) is 19.3 Å². The molecule has 2 aromatic heterocycles. The monoisotopic (exact) mass is 233 g/mol. The lowest BCUT2D eigenvalue weighted by atomic mass is 10.1. The zero-order valence-electron chi connectivity index (χ0n) is 9.52. The van der Waals surface area contributed by atoms with Crippen molar-refractivity contribution in [2.75, 3.05) is 13.2 Å². The number of H-pyrrole nitrogens is 1. The van der Waals surface area contributed by atoms with Crippen LogP contribution in [0, 0.1) is 0 Å². The van der Waals surface area contributed by atoms with Crippen molar-refractivity contribution in [1.82, 2.24) is 25.3 Å². The summed E-state index contributed by atoms with van der Waals surface area (Å²) in [6, 6.07) is 0.427. The first-order valence-electron chi connectivity index (χ1n) is 5.94. The molecule has 1 aliphatic rings.